The lowest BCUT2D eigenvalue weighted by atomic mass is 10.1. The molecule has 0 spiro atoms. The number of hydrogen-bond donors (Lipinski definition) is 0. The van der Waals surface area contributed by atoms with Crippen LogP contribution in [0.1, 0.15) is 17.9 Å². The molecular formula is C20H17ClN2O4S. The molecule has 1 aliphatic heterocycles. The van der Waals surface area contributed by atoms with Gasteiger partial charge in [0.2, 0.25) is 5.91 Å². The average molecular weight is 417 g/mol. The molecule has 0 N–H and O–H groups in total. The number of halogens is 1. The number of furan rings is 1. The van der Waals surface area contributed by atoms with Crippen LogP contribution in [0.2, 0.25) is 5.02 Å². The third kappa shape index (κ3) is 4.26. The second-order valence-electron chi connectivity index (χ2n) is 6.51. The van der Waals surface area contributed by atoms with Crippen molar-refractivity contribution in [1.82, 2.24) is 9.88 Å². The van der Waals surface area contributed by atoms with Crippen LogP contribution in [0.5, 0.6) is 0 Å². The summed E-state index contributed by atoms with van der Waals surface area (Å²) in [7, 11) is 0. The van der Waals surface area contributed by atoms with E-state index in [-0.39, 0.29) is 24.9 Å². The zero-order chi connectivity index (χ0) is 19.5. The van der Waals surface area contributed by atoms with Crippen LogP contribution in [0.3, 0.4) is 0 Å². The van der Waals surface area contributed by atoms with E-state index < -0.39 is 5.92 Å². The lowest BCUT2D eigenvalue weighted by Crippen LogP contribution is -2.26. The number of nitrogens with zero attached hydrogens (tertiary/aromatic N) is 2. The number of aromatic nitrogens is 1. The summed E-state index contributed by atoms with van der Waals surface area (Å²) in [4.78, 5) is 30.6. The third-order valence-corrected chi connectivity index (χ3v) is 5.67. The SMILES string of the molecule is O=C(OCc1csc(-c2ccc(Cl)cc2)n1)[C@H]1CC(=O)N(Cc2ccco2)C1. The number of hydrogen-bond acceptors (Lipinski definition) is 6. The summed E-state index contributed by atoms with van der Waals surface area (Å²) in [6.07, 6.45) is 1.72. The zero-order valence-electron chi connectivity index (χ0n) is 14.8. The van der Waals surface area contributed by atoms with Gasteiger partial charge in [-0.05, 0) is 24.3 Å². The Morgan fingerprint density at radius 2 is 2.14 bits per heavy atom. The van der Waals surface area contributed by atoms with Crippen LogP contribution >= 0.6 is 22.9 Å². The van der Waals surface area contributed by atoms with Gasteiger partial charge in [-0.1, -0.05) is 23.7 Å². The Kier molecular flexibility index (Phi) is 5.45. The highest BCUT2D eigenvalue weighted by atomic mass is 35.5. The predicted molar refractivity (Wildman–Crippen MR) is 105 cm³/mol. The van der Waals surface area contributed by atoms with E-state index in [0.717, 1.165) is 10.6 Å². The molecule has 28 heavy (non-hydrogen) atoms. The van der Waals surface area contributed by atoms with E-state index in [0.29, 0.717) is 29.6 Å². The van der Waals surface area contributed by atoms with Crippen molar-refractivity contribution < 1.29 is 18.7 Å². The lowest BCUT2D eigenvalue weighted by Gasteiger charge is -2.14. The van der Waals surface area contributed by atoms with Crippen LogP contribution in [0.4, 0.5) is 0 Å². The minimum atomic E-state index is -0.461. The molecule has 8 heteroatoms. The van der Waals surface area contributed by atoms with Crippen LogP contribution in [-0.4, -0.2) is 28.3 Å². The zero-order valence-corrected chi connectivity index (χ0v) is 16.4. The normalized spacial score (nSPS) is 16.5. The number of ether oxygens (including phenoxy) is 1. The summed E-state index contributed by atoms with van der Waals surface area (Å²) in [5.74, 6) is -0.218. The highest BCUT2D eigenvalue weighted by molar-refractivity contribution is 7.13. The Morgan fingerprint density at radius 3 is 2.89 bits per heavy atom. The van der Waals surface area contributed by atoms with Crippen LogP contribution in [0, 0.1) is 5.92 Å². The molecule has 3 heterocycles. The maximum absolute atomic E-state index is 12.4. The number of rotatable bonds is 6. The van der Waals surface area contributed by atoms with Gasteiger partial charge in [0, 0.05) is 28.9 Å². The van der Waals surface area contributed by atoms with Crippen molar-refractivity contribution >= 4 is 34.8 Å². The highest BCUT2D eigenvalue weighted by Gasteiger charge is 2.35. The molecule has 0 saturated carbocycles. The molecule has 3 aromatic rings. The molecule has 2 aromatic heterocycles. The van der Waals surface area contributed by atoms with Gasteiger partial charge in [0.05, 0.1) is 24.4 Å². The summed E-state index contributed by atoms with van der Waals surface area (Å²) in [5, 5.41) is 3.37. The standard InChI is InChI=1S/C20H17ClN2O4S/c21-15-5-3-13(4-6-15)19-22-16(12-28-19)11-27-20(25)14-8-18(24)23(9-14)10-17-2-1-7-26-17/h1-7,12,14H,8-11H2/t14-/m0/s1. The number of benzene rings is 1. The lowest BCUT2D eigenvalue weighted by molar-refractivity contribution is -0.149. The second-order valence-corrected chi connectivity index (χ2v) is 7.81. The number of carbonyl (C=O) groups is 2. The van der Waals surface area contributed by atoms with Crippen LogP contribution < -0.4 is 0 Å². The van der Waals surface area contributed by atoms with Gasteiger partial charge in [0.25, 0.3) is 0 Å². The highest BCUT2D eigenvalue weighted by Crippen LogP contribution is 2.26. The predicted octanol–water partition coefficient (Wildman–Crippen LogP) is 4.15. The van der Waals surface area contributed by atoms with E-state index in [9.17, 15) is 9.59 Å². The molecule has 0 aliphatic carbocycles. The number of amides is 1. The van der Waals surface area contributed by atoms with Crippen LogP contribution in [-0.2, 0) is 27.5 Å². The number of carbonyl (C=O) groups excluding carboxylic acids is 2. The fraction of sp³-hybridized carbons (Fsp3) is 0.250. The van der Waals surface area contributed by atoms with Crippen molar-refractivity contribution in [2.24, 2.45) is 5.92 Å². The van der Waals surface area contributed by atoms with Crippen molar-refractivity contribution in [3.8, 4) is 10.6 Å². The van der Waals surface area contributed by atoms with Gasteiger partial charge < -0.3 is 14.1 Å². The molecule has 1 saturated heterocycles. The molecule has 144 valence electrons. The van der Waals surface area contributed by atoms with E-state index in [1.54, 1.807) is 23.3 Å². The summed E-state index contributed by atoms with van der Waals surface area (Å²) < 4.78 is 10.7. The third-order valence-electron chi connectivity index (χ3n) is 4.48. The first-order valence-electron chi connectivity index (χ1n) is 8.75. The molecule has 0 bridgehead atoms. The Hall–Kier alpha value is -2.64. The number of esters is 1. The largest absolute Gasteiger partial charge is 0.467 e. The van der Waals surface area contributed by atoms with Gasteiger partial charge in [-0.15, -0.1) is 11.3 Å². The van der Waals surface area contributed by atoms with Gasteiger partial charge >= 0.3 is 5.97 Å². The molecule has 1 amide bonds. The van der Waals surface area contributed by atoms with E-state index in [2.05, 4.69) is 4.98 Å². The maximum Gasteiger partial charge on any atom is 0.311 e. The van der Waals surface area contributed by atoms with Crippen LogP contribution in [0.25, 0.3) is 10.6 Å². The topological polar surface area (TPSA) is 72.6 Å². The molecule has 0 unspecified atom stereocenters. The first kappa shape index (κ1) is 18.7. The van der Waals surface area contributed by atoms with Crippen LogP contribution in [0.15, 0.2) is 52.5 Å². The molecule has 1 aliphatic rings. The summed E-state index contributed by atoms with van der Waals surface area (Å²) in [6.45, 7) is 0.795. The molecule has 1 fully saturated rings. The molecular weight excluding hydrogens is 400 g/mol. The van der Waals surface area contributed by atoms with E-state index >= 15 is 0 Å². The van der Waals surface area contributed by atoms with Crippen molar-refractivity contribution in [3.05, 3.63) is 64.5 Å². The van der Waals surface area contributed by atoms with E-state index in [1.165, 1.54) is 11.3 Å². The Labute approximate surface area is 170 Å². The quantitative estimate of drug-likeness (QED) is 0.564. The van der Waals surface area contributed by atoms with Crippen molar-refractivity contribution in [1.29, 1.82) is 0 Å². The van der Waals surface area contributed by atoms with Crippen molar-refractivity contribution in [3.63, 3.8) is 0 Å². The van der Waals surface area contributed by atoms with E-state index in [1.807, 2.05) is 29.6 Å². The molecule has 0 radical (unpaired) electrons. The first-order chi connectivity index (χ1) is 13.6. The van der Waals surface area contributed by atoms with Gasteiger partial charge in [-0.3, -0.25) is 9.59 Å². The number of thiazole rings is 1. The molecule has 4 rings (SSSR count). The van der Waals surface area contributed by atoms with Gasteiger partial charge in [0.15, 0.2) is 0 Å². The smallest absolute Gasteiger partial charge is 0.311 e. The Balaban J connectivity index is 1.31. The molecule has 1 atom stereocenters. The average Bonchev–Trinajstić information content (AvgIpc) is 3.43. The summed E-state index contributed by atoms with van der Waals surface area (Å²) in [5.41, 5.74) is 1.64. The molecule has 6 nitrogen and oxygen atoms in total. The van der Waals surface area contributed by atoms with Crippen molar-refractivity contribution in [2.45, 2.75) is 19.6 Å². The van der Waals surface area contributed by atoms with Gasteiger partial charge in [0.1, 0.15) is 17.4 Å². The Morgan fingerprint density at radius 1 is 1.32 bits per heavy atom. The second kappa shape index (κ2) is 8.16. The monoisotopic (exact) mass is 416 g/mol. The number of likely N-dealkylation sites (tertiary alicyclic amines) is 1. The van der Waals surface area contributed by atoms with E-state index in [4.69, 9.17) is 20.8 Å². The van der Waals surface area contributed by atoms with Crippen molar-refractivity contribution in [2.75, 3.05) is 6.54 Å². The molecule has 1 aromatic carbocycles. The maximum atomic E-state index is 12.4. The Bertz CT molecular complexity index is 969. The van der Waals surface area contributed by atoms with Gasteiger partial charge in [-0.2, -0.15) is 0 Å². The van der Waals surface area contributed by atoms with Gasteiger partial charge in [-0.25, -0.2) is 4.98 Å². The fourth-order valence-electron chi connectivity index (χ4n) is 3.03. The fourth-order valence-corrected chi connectivity index (χ4v) is 3.97. The summed E-state index contributed by atoms with van der Waals surface area (Å²) >= 11 is 7.38. The first-order valence-corrected chi connectivity index (χ1v) is 10.0. The minimum Gasteiger partial charge on any atom is -0.467 e. The summed E-state index contributed by atoms with van der Waals surface area (Å²) in [6, 6.07) is 11.0. The minimum absolute atomic E-state index is 0.0722.